The summed E-state index contributed by atoms with van der Waals surface area (Å²) in [5.74, 6) is 2.44. The average Bonchev–Trinajstić information content (AvgIpc) is 3.45. The van der Waals surface area contributed by atoms with Crippen LogP contribution in [-0.2, 0) is 12.0 Å². The van der Waals surface area contributed by atoms with Crippen LogP contribution < -0.4 is 0 Å². The zero-order valence-electron chi connectivity index (χ0n) is 16.6. The zero-order chi connectivity index (χ0) is 20.0. The number of amides is 1. The number of nitrogens with zero attached hydrogens (tertiary/aromatic N) is 5. The van der Waals surface area contributed by atoms with Gasteiger partial charge in [-0.15, -0.1) is 0 Å². The molecule has 0 spiro atoms. The highest BCUT2D eigenvalue weighted by molar-refractivity contribution is 5.92. The first-order chi connectivity index (χ1) is 14.0. The standard InChI is InChI=1S/C21H24N6O2/c1-14-8-18(25-29-14)19(28)27-11-17-10-26(9-16-6-4-3-5-7-16)12-21(17,13-27)20-22-15(2)23-24-20/h3-8,17H,9-13H2,1-2H3,(H,22,23,24)/t17-,21-/m0/s1. The number of carbonyl (C=O) groups is 1. The van der Waals surface area contributed by atoms with E-state index in [1.54, 1.807) is 13.0 Å². The highest BCUT2D eigenvalue weighted by Gasteiger charge is 2.56. The first-order valence-electron chi connectivity index (χ1n) is 9.92. The number of aromatic amines is 1. The molecule has 1 amide bonds. The Morgan fingerprint density at radius 1 is 1.24 bits per heavy atom. The second-order valence-corrected chi connectivity index (χ2v) is 8.26. The molecule has 0 bridgehead atoms. The summed E-state index contributed by atoms with van der Waals surface area (Å²) >= 11 is 0. The molecular formula is C21H24N6O2. The fourth-order valence-corrected chi connectivity index (χ4v) is 4.80. The van der Waals surface area contributed by atoms with Crippen LogP contribution in [0.15, 0.2) is 40.9 Å². The Bertz CT molecular complexity index is 1030. The van der Waals surface area contributed by atoms with Gasteiger partial charge < -0.3 is 9.42 Å². The molecule has 3 aromatic rings. The number of aromatic nitrogens is 4. The van der Waals surface area contributed by atoms with Gasteiger partial charge in [-0.1, -0.05) is 35.5 Å². The van der Waals surface area contributed by atoms with E-state index in [2.05, 4.69) is 49.5 Å². The summed E-state index contributed by atoms with van der Waals surface area (Å²) in [4.78, 5) is 22.0. The maximum atomic E-state index is 13.0. The predicted octanol–water partition coefficient (Wildman–Crippen LogP) is 1.94. The van der Waals surface area contributed by atoms with Gasteiger partial charge in [-0.3, -0.25) is 14.8 Å². The summed E-state index contributed by atoms with van der Waals surface area (Å²) in [7, 11) is 0. The molecular weight excluding hydrogens is 368 g/mol. The molecule has 0 saturated carbocycles. The maximum absolute atomic E-state index is 13.0. The molecule has 2 atom stereocenters. The first kappa shape index (κ1) is 18.1. The van der Waals surface area contributed by atoms with E-state index in [4.69, 9.17) is 4.52 Å². The molecule has 2 saturated heterocycles. The minimum atomic E-state index is -0.270. The van der Waals surface area contributed by atoms with Crippen LogP contribution in [0.5, 0.6) is 0 Å². The third-order valence-electron chi connectivity index (χ3n) is 6.11. The van der Waals surface area contributed by atoms with E-state index in [9.17, 15) is 4.79 Å². The van der Waals surface area contributed by atoms with Crippen LogP contribution in [-0.4, -0.2) is 62.2 Å². The van der Waals surface area contributed by atoms with Crippen molar-refractivity contribution in [2.24, 2.45) is 5.92 Å². The van der Waals surface area contributed by atoms with Crippen molar-refractivity contribution in [1.82, 2.24) is 30.1 Å². The first-order valence-corrected chi connectivity index (χ1v) is 9.92. The smallest absolute Gasteiger partial charge is 0.276 e. The molecule has 0 aliphatic carbocycles. The van der Waals surface area contributed by atoms with Crippen molar-refractivity contribution in [2.45, 2.75) is 25.8 Å². The maximum Gasteiger partial charge on any atom is 0.276 e. The molecule has 150 valence electrons. The number of hydrogen-bond donors (Lipinski definition) is 1. The van der Waals surface area contributed by atoms with Crippen LogP contribution in [0.1, 0.15) is 33.5 Å². The molecule has 29 heavy (non-hydrogen) atoms. The summed E-state index contributed by atoms with van der Waals surface area (Å²) in [6.07, 6.45) is 0. The zero-order valence-corrected chi connectivity index (χ0v) is 16.6. The molecule has 2 aliphatic rings. The minimum absolute atomic E-state index is 0.0857. The highest BCUT2D eigenvalue weighted by atomic mass is 16.5. The van der Waals surface area contributed by atoms with Gasteiger partial charge in [-0.05, 0) is 19.4 Å². The van der Waals surface area contributed by atoms with Gasteiger partial charge in [0, 0.05) is 44.7 Å². The topological polar surface area (TPSA) is 91.2 Å². The van der Waals surface area contributed by atoms with Crippen LogP contribution in [0.4, 0.5) is 0 Å². The number of nitrogens with one attached hydrogen (secondary N) is 1. The van der Waals surface area contributed by atoms with Crippen LogP contribution in [0, 0.1) is 19.8 Å². The number of H-pyrrole nitrogens is 1. The van der Waals surface area contributed by atoms with Gasteiger partial charge in [0.05, 0.1) is 5.41 Å². The summed E-state index contributed by atoms with van der Waals surface area (Å²) in [5.41, 5.74) is 1.39. The van der Waals surface area contributed by atoms with E-state index in [1.165, 1.54) is 5.56 Å². The van der Waals surface area contributed by atoms with Gasteiger partial charge >= 0.3 is 0 Å². The Hall–Kier alpha value is -3.00. The van der Waals surface area contributed by atoms with Crippen molar-refractivity contribution in [3.05, 3.63) is 65.1 Å². The highest BCUT2D eigenvalue weighted by Crippen LogP contribution is 2.44. The van der Waals surface area contributed by atoms with Crippen molar-refractivity contribution in [3.8, 4) is 0 Å². The molecule has 2 aromatic heterocycles. The Kier molecular flexibility index (Phi) is 4.24. The number of fused-ring (bicyclic) bond motifs is 1. The lowest BCUT2D eigenvalue weighted by Crippen LogP contribution is -2.40. The summed E-state index contributed by atoms with van der Waals surface area (Å²) in [6.45, 7) is 7.58. The molecule has 2 aliphatic heterocycles. The summed E-state index contributed by atoms with van der Waals surface area (Å²) in [5, 5.41) is 11.4. The van der Waals surface area contributed by atoms with Crippen molar-refractivity contribution < 1.29 is 9.32 Å². The second-order valence-electron chi connectivity index (χ2n) is 8.26. The fraction of sp³-hybridized carbons (Fsp3) is 0.429. The molecule has 8 nitrogen and oxygen atoms in total. The average molecular weight is 392 g/mol. The van der Waals surface area contributed by atoms with Gasteiger partial charge in [-0.2, -0.15) is 5.10 Å². The van der Waals surface area contributed by atoms with Crippen molar-refractivity contribution in [2.75, 3.05) is 26.2 Å². The lowest BCUT2D eigenvalue weighted by Gasteiger charge is -2.26. The monoisotopic (exact) mass is 392 g/mol. The molecule has 1 aromatic carbocycles. The Morgan fingerprint density at radius 3 is 2.76 bits per heavy atom. The molecule has 8 heteroatoms. The number of likely N-dealkylation sites (tertiary alicyclic amines) is 2. The number of benzene rings is 1. The Morgan fingerprint density at radius 2 is 2.07 bits per heavy atom. The number of carbonyl (C=O) groups excluding carboxylic acids is 1. The van der Waals surface area contributed by atoms with Crippen LogP contribution >= 0.6 is 0 Å². The molecule has 1 N–H and O–H groups in total. The number of rotatable bonds is 4. The van der Waals surface area contributed by atoms with Gasteiger partial charge in [0.25, 0.3) is 5.91 Å². The third-order valence-corrected chi connectivity index (χ3v) is 6.11. The molecule has 5 rings (SSSR count). The molecule has 2 fully saturated rings. The van der Waals surface area contributed by atoms with Crippen molar-refractivity contribution in [3.63, 3.8) is 0 Å². The van der Waals surface area contributed by atoms with Crippen molar-refractivity contribution in [1.29, 1.82) is 0 Å². The van der Waals surface area contributed by atoms with Crippen LogP contribution in [0.2, 0.25) is 0 Å². The summed E-state index contributed by atoms with van der Waals surface area (Å²) < 4.78 is 5.10. The largest absolute Gasteiger partial charge is 0.361 e. The second kappa shape index (κ2) is 6.81. The molecule has 0 unspecified atom stereocenters. The van der Waals surface area contributed by atoms with Crippen LogP contribution in [0.25, 0.3) is 0 Å². The van der Waals surface area contributed by atoms with E-state index in [0.717, 1.165) is 31.3 Å². The third kappa shape index (κ3) is 3.13. The van der Waals surface area contributed by atoms with Gasteiger partial charge in [-0.25, -0.2) is 4.98 Å². The van der Waals surface area contributed by atoms with Crippen molar-refractivity contribution >= 4 is 5.91 Å². The Balaban J connectivity index is 1.41. The number of hydrogen-bond acceptors (Lipinski definition) is 6. The summed E-state index contributed by atoms with van der Waals surface area (Å²) in [6, 6.07) is 12.2. The normalized spacial score (nSPS) is 24.2. The van der Waals surface area contributed by atoms with Gasteiger partial charge in [0.1, 0.15) is 11.6 Å². The van der Waals surface area contributed by atoms with E-state index in [1.807, 2.05) is 17.9 Å². The van der Waals surface area contributed by atoms with E-state index >= 15 is 0 Å². The Labute approximate surface area is 168 Å². The van der Waals surface area contributed by atoms with E-state index in [0.29, 0.717) is 24.5 Å². The van der Waals surface area contributed by atoms with E-state index in [-0.39, 0.29) is 17.2 Å². The molecule has 4 heterocycles. The fourth-order valence-electron chi connectivity index (χ4n) is 4.80. The number of aryl methyl sites for hydroxylation is 2. The van der Waals surface area contributed by atoms with E-state index < -0.39 is 0 Å². The minimum Gasteiger partial charge on any atom is -0.361 e. The lowest BCUT2D eigenvalue weighted by atomic mass is 9.80. The predicted molar refractivity (Wildman–Crippen MR) is 105 cm³/mol. The molecule has 0 radical (unpaired) electrons. The van der Waals surface area contributed by atoms with Gasteiger partial charge in [0.2, 0.25) is 0 Å². The van der Waals surface area contributed by atoms with Gasteiger partial charge in [0.15, 0.2) is 11.5 Å². The van der Waals surface area contributed by atoms with Crippen LogP contribution in [0.3, 0.4) is 0 Å². The lowest BCUT2D eigenvalue weighted by molar-refractivity contribution is 0.0758. The SMILES string of the molecule is Cc1nc([C@]23CN(Cc4ccccc4)C[C@H]2CN(C(=O)c2cc(C)on2)C3)n[nH]1. The quantitative estimate of drug-likeness (QED) is 0.730.